The van der Waals surface area contributed by atoms with E-state index in [2.05, 4.69) is 0 Å². The van der Waals surface area contributed by atoms with Crippen LogP contribution in [0.5, 0.6) is 11.5 Å². The zero-order valence-corrected chi connectivity index (χ0v) is 20.8. The molecule has 0 aliphatic carbocycles. The summed E-state index contributed by atoms with van der Waals surface area (Å²) in [7, 11) is 1.16. The van der Waals surface area contributed by atoms with Crippen molar-refractivity contribution in [2.24, 2.45) is 5.92 Å². The summed E-state index contributed by atoms with van der Waals surface area (Å²) in [5, 5.41) is 58.8. The minimum absolute atomic E-state index is 0.00894. The minimum Gasteiger partial charge on any atom is -0.504 e. The summed E-state index contributed by atoms with van der Waals surface area (Å²) >= 11 is 0. The van der Waals surface area contributed by atoms with Crippen LogP contribution in [0.25, 0.3) is 0 Å². The third-order valence-corrected chi connectivity index (χ3v) is 6.29. The van der Waals surface area contributed by atoms with Crippen LogP contribution in [0.4, 0.5) is 0 Å². The first-order chi connectivity index (χ1) is 18.1. The standard InChI is InChI=1S/C25H32O13/c1-3-13-14(9-19(29)35-7-6-12-4-5-16(27)17(28)8-12)15(23(33)34-2)11-36-24(13)38-25-22(32)21(31)20(30)18(10-26)37-25/h3-5,8,11,14,18,20-22,24-28,30-32H,6-7,9-10H2,1-2H3/b13-3+/t14?,18?,20-,21?,22+,24+,25?/m1/s1. The van der Waals surface area contributed by atoms with Crippen molar-refractivity contribution >= 4 is 11.9 Å². The van der Waals surface area contributed by atoms with Crippen molar-refractivity contribution in [1.29, 1.82) is 0 Å². The van der Waals surface area contributed by atoms with Gasteiger partial charge < -0.3 is 54.3 Å². The Hall–Kier alpha value is -3.20. The first-order valence-corrected chi connectivity index (χ1v) is 11.8. The van der Waals surface area contributed by atoms with Gasteiger partial charge in [0, 0.05) is 17.9 Å². The molecule has 2 aliphatic rings. The van der Waals surface area contributed by atoms with Crippen LogP contribution < -0.4 is 0 Å². The molecule has 0 radical (unpaired) electrons. The molecule has 2 aliphatic heterocycles. The van der Waals surface area contributed by atoms with Gasteiger partial charge in [0.1, 0.15) is 24.4 Å². The van der Waals surface area contributed by atoms with E-state index < -0.39 is 61.5 Å². The molecule has 1 saturated heterocycles. The average molecular weight is 541 g/mol. The van der Waals surface area contributed by atoms with Crippen molar-refractivity contribution < 1.29 is 63.9 Å². The second-order valence-electron chi connectivity index (χ2n) is 8.71. The molecule has 13 heteroatoms. The summed E-state index contributed by atoms with van der Waals surface area (Å²) in [6.07, 6.45) is -6.39. The van der Waals surface area contributed by atoms with Gasteiger partial charge in [-0.15, -0.1) is 0 Å². The summed E-state index contributed by atoms with van der Waals surface area (Å²) in [6, 6.07) is 4.23. The molecule has 3 rings (SSSR count). The van der Waals surface area contributed by atoms with Gasteiger partial charge in [0.25, 0.3) is 0 Å². The first-order valence-electron chi connectivity index (χ1n) is 11.8. The summed E-state index contributed by atoms with van der Waals surface area (Å²) in [5.41, 5.74) is 0.927. The molecule has 13 nitrogen and oxygen atoms in total. The second-order valence-corrected chi connectivity index (χ2v) is 8.71. The van der Waals surface area contributed by atoms with E-state index in [0.717, 1.165) is 13.4 Å². The van der Waals surface area contributed by atoms with Crippen LogP contribution in [0.3, 0.4) is 0 Å². The van der Waals surface area contributed by atoms with E-state index in [1.807, 2.05) is 0 Å². The summed E-state index contributed by atoms with van der Waals surface area (Å²) in [5.74, 6) is -2.89. The third-order valence-electron chi connectivity index (χ3n) is 6.29. The van der Waals surface area contributed by atoms with E-state index in [-0.39, 0.29) is 36.5 Å². The number of rotatable bonds is 9. The predicted octanol–water partition coefficient (Wildman–Crippen LogP) is -0.634. The van der Waals surface area contributed by atoms with Gasteiger partial charge in [-0.3, -0.25) is 4.79 Å². The highest BCUT2D eigenvalue weighted by Crippen LogP contribution is 2.36. The van der Waals surface area contributed by atoms with Crippen molar-refractivity contribution in [3.05, 3.63) is 47.2 Å². The molecular weight excluding hydrogens is 508 g/mol. The molecule has 0 saturated carbocycles. The van der Waals surface area contributed by atoms with E-state index in [1.54, 1.807) is 19.1 Å². The van der Waals surface area contributed by atoms with Crippen LogP contribution in [0.1, 0.15) is 18.9 Å². The Balaban J connectivity index is 1.71. The molecule has 1 fully saturated rings. The number of aliphatic hydroxyl groups is 4. The van der Waals surface area contributed by atoms with Gasteiger partial charge in [0.15, 0.2) is 17.8 Å². The van der Waals surface area contributed by atoms with Crippen LogP contribution in [0, 0.1) is 5.92 Å². The lowest BCUT2D eigenvalue weighted by Crippen LogP contribution is -2.60. The van der Waals surface area contributed by atoms with Crippen LogP contribution in [0.2, 0.25) is 0 Å². The number of hydrogen-bond acceptors (Lipinski definition) is 13. The Bertz CT molecular complexity index is 1050. The lowest BCUT2D eigenvalue weighted by molar-refractivity contribution is -0.327. The normalized spacial score (nSPS) is 30.3. The molecular formula is C25H32O13. The first kappa shape index (κ1) is 29.4. The highest BCUT2D eigenvalue weighted by Gasteiger charge is 2.46. The Morgan fingerprint density at radius 3 is 2.45 bits per heavy atom. The number of aliphatic hydroxyl groups excluding tert-OH is 4. The number of esters is 2. The van der Waals surface area contributed by atoms with Crippen molar-refractivity contribution in [3.63, 3.8) is 0 Å². The molecule has 7 atom stereocenters. The van der Waals surface area contributed by atoms with Gasteiger partial charge in [0.2, 0.25) is 6.29 Å². The summed E-state index contributed by atoms with van der Waals surface area (Å²) in [4.78, 5) is 25.1. The Morgan fingerprint density at radius 1 is 1.08 bits per heavy atom. The van der Waals surface area contributed by atoms with Crippen LogP contribution >= 0.6 is 0 Å². The molecule has 0 aromatic heterocycles. The fourth-order valence-electron chi connectivity index (χ4n) is 4.16. The monoisotopic (exact) mass is 540 g/mol. The topological polar surface area (TPSA) is 202 Å². The van der Waals surface area contributed by atoms with Gasteiger partial charge in [-0.25, -0.2) is 4.79 Å². The highest BCUT2D eigenvalue weighted by atomic mass is 16.8. The number of phenolic OH excluding ortho intramolecular Hbond substituents is 2. The molecule has 0 spiro atoms. The number of methoxy groups -OCH3 is 1. The largest absolute Gasteiger partial charge is 0.504 e. The SMILES string of the molecule is C/C=C1\C(CC(=O)OCCc2ccc(O)c(O)c2)C(C(=O)OC)=CO[C@H]1OC1OC(CO)[C@@H](O)C(O)[C@@H]1O. The molecule has 2 heterocycles. The fraction of sp³-hybridized carbons (Fsp3) is 0.520. The second kappa shape index (κ2) is 13.0. The molecule has 210 valence electrons. The summed E-state index contributed by atoms with van der Waals surface area (Å²) in [6.45, 7) is 0.912. The predicted molar refractivity (Wildman–Crippen MR) is 126 cm³/mol. The van der Waals surface area contributed by atoms with Gasteiger partial charge in [-0.1, -0.05) is 12.1 Å². The van der Waals surface area contributed by atoms with E-state index in [9.17, 15) is 40.2 Å². The number of allylic oxidation sites excluding steroid dienone is 1. The fourth-order valence-corrected chi connectivity index (χ4v) is 4.16. The van der Waals surface area contributed by atoms with E-state index >= 15 is 0 Å². The molecule has 6 N–H and O–H groups in total. The van der Waals surface area contributed by atoms with Gasteiger partial charge >= 0.3 is 11.9 Å². The van der Waals surface area contributed by atoms with Crippen molar-refractivity contribution in [3.8, 4) is 11.5 Å². The summed E-state index contributed by atoms with van der Waals surface area (Å²) < 4.78 is 26.7. The maximum Gasteiger partial charge on any atom is 0.337 e. The van der Waals surface area contributed by atoms with Crippen LogP contribution in [0.15, 0.2) is 41.7 Å². The number of carbonyl (C=O) groups excluding carboxylic acids is 2. The zero-order valence-electron chi connectivity index (χ0n) is 20.8. The highest BCUT2D eigenvalue weighted by molar-refractivity contribution is 5.90. The van der Waals surface area contributed by atoms with E-state index in [1.165, 1.54) is 12.1 Å². The smallest absolute Gasteiger partial charge is 0.337 e. The van der Waals surface area contributed by atoms with Crippen molar-refractivity contribution in [1.82, 2.24) is 0 Å². The number of benzene rings is 1. The van der Waals surface area contributed by atoms with E-state index in [0.29, 0.717) is 11.1 Å². The molecule has 1 aromatic rings. The van der Waals surface area contributed by atoms with Crippen LogP contribution in [-0.2, 0) is 39.7 Å². The molecule has 1 aromatic carbocycles. The molecule has 4 unspecified atom stereocenters. The maximum absolute atomic E-state index is 12.7. The number of ether oxygens (including phenoxy) is 5. The Kier molecular flexibility index (Phi) is 10.1. The van der Waals surface area contributed by atoms with Crippen molar-refractivity contribution in [2.45, 2.75) is 56.8 Å². The third kappa shape index (κ3) is 6.62. The Labute approximate surface area is 218 Å². The van der Waals surface area contributed by atoms with Crippen LogP contribution in [-0.4, -0.2) is 99.9 Å². The molecule has 0 amide bonds. The molecule has 0 bridgehead atoms. The van der Waals surface area contributed by atoms with Crippen molar-refractivity contribution in [2.75, 3.05) is 20.3 Å². The number of carbonyl (C=O) groups is 2. The zero-order chi connectivity index (χ0) is 28.0. The number of phenols is 2. The van der Waals surface area contributed by atoms with Gasteiger partial charge in [-0.2, -0.15) is 0 Å². The number of aromatic hydroxyl groups is 2. The lowest BCUT2D eigenvalue weighted by atomic mass is 9.86. The molecule has 38 heavy (non-hydrogen) atoms. The maximum atomic E-state index is 12.7. The minimum atomic E-state index is -1.69. The average Bonchev–Trinajstić information content (AvgIpc) is 2.90. The quantitative estimate of drug-likeness (QED) is 0.131. The Morgan fingerprint density at radius 2 is 1.82 bits per heavy atom. The lowest BCUT2D eigenvalue weighted by Gasteiger charge is -2.41. The van der Waals surface area contributed by atoms with Gasteiger partial charge in [0.05, 0.1) is 38.6 Å². The number of hydrogen-bond donors (Lipinski definition) is 6. The van der Waals surface area contributed by atoms with Gasteiger partial charge in [-0.05, 0) is 24.6 Å². The van der Waals surface area contributed by atoms with E-state index in [4.69, 9.17) is 23.7 Å².